The lowest BCUT2D eigenvalue weighted by atomic mass is 9.88. The molecule has 3 rings (SSSR count). The molecule has 1 N–H and O–H groups in total. The van der Waals surface area contributed by atoms with Gasteiger partial charge in [-0.05, 0) is 47.9 Å². The van der Waals surface area contributed by atoms with Gasteiger partial charge in [-0.2, -0.15) is 0 Å². The van der Waals surface area contributed by atoms with Crippen molar-refractivity contribution in [3.05, 3.63) is 65.5 Å². The SMILES string of the molecule is COc1ccc(C(O)[C@@H]2CN(C(=O)c3ccc(F)cc3)C[C@H]2C)cc1. The van der Waals surface area contributed by atoms with Gasteiger partial charge in [0.15, 0.2) is 0 Å². The summed E-state index contributed by atoms with van der Waals surface area (Å²) in [6.07, 6.45) is -0.646. The van der Waals surface area contributed by atoms with E-state index in [1.54, 1.807) is 12.0 Å². The van der Waals surface area contributed by atoms with E-state index in [9.17, 15) is 14.3 Å². The van der Waals surface area contributed by atoms with Gasteiger partial charge in [0.25, 0.3) is 5.91 Å². The van der Waals surface area contributed by atoms with Crippen molar-refractivity contribution in [1.29, 1.82) is 0 Å². The number of rotatable bonds is 4. The van der Waals surface area contributed by atoms with Crippen LogP contribution in [0, 0.1) is 17.7 Å². The fourth-order valence-corrected chi connectivity index (χ4v) is 3.39. The molecule has 1 aliphatic rings. The molecule has 0 spiro atoms. The molecule has 0 aromatic heterocycles. The second kappa shape index (κ2) is 7.23. The van der Waals surface area contributed by atoms with E-state index in [1.165, 1.54) is 24.3 Å². The Kier molecular flexibility index (Phi) is 5.04. The number of benzene rings is 2. The Morgan fingerprint density at radius 1 is 1.16 bits per heavy atom. The zero-order valence-electron chi connectivity index (χ0n) is 14.4. The number of nitrogens with zero attached hydrogens (tertiary/aromatic N) is 1. The van der Waals surface area contributed by atoms with Crippen molar-refractivity contribution in [3.8, 4) is 5.75 Å². The molecule has 5 heteroatoms. The first kappa shape index (κ1) is 17.4. The minimum absolute atomic E-state index is 0.0437. The van der Waals surface area contributed by atoms with Crippen LogP contribution in [0.2, 0.25) is 0 Å². The predicted molar refractivity (Wildman–Crippen MR) is 92.9 cm³/mol. The molecular weight excluding hydrogens is 321 g/mol. The van der Waals surface area contributed by atoms with E-state index in [1.807, 2.05) is 31.2 Å². The zero-order valence-corrected chi connectivity index (χ0v) is 14.4. The molecule has 1 fully saturated rings. The number of hydrogen-bond acceptors (Lipinski definition) is 3. The average molecular weight is 343 g/mol. The molecule has 1 amide bonds. The van der Waals surface area contributed by atoms with E-state index in [-0.39, 0.29) is 23.6 Å². The Morgan fingerprint density at radius 3 is 2.40 bits per heavy atom. The lowest BCUT2D eigenvalue weighted by Gasteiger charge is -2.22. The van der Waals surface area contributed by atoms with Crippen LogP contribution in [0.4, 0.5) is 4.39 Å². The van der Waals surface area contributed by atoms with Crippen LogP contribution in [0.15, 0.2) is 48.5 Å². The summed E-state index contributed by atoms with van der Waals surface area (Å²) in [7, 11) is 1.60. The lowest BCUT2D eigenvalue weighted by molar-refractivity contribution is 0.0742. The third kappa shape index (κ3) is 3.66. The average Bonchev–Trinajstić information content (AvgIpc) is 3.03. The highest BCUT2D eigenvalue weighted by Crippen LogP contribution is 2.35. The minimum atomic E-state index is -0.646. The molecule has 0 aliphatic carbocycles. The summed E-state index contributed by atoms with van der Waals surface area (Å²) in [6.45, 7) is 3.09. The maximum atomic E-state index is 13.0. The van der Waals surface area contributed by atoms with E-state index >= 15 is 0 Å². The number of carbonyl (C=O) groups excluding carboxylic acids is 1. The van der Waals surface area contributed by atoms with Crippen LogP contribution in [0.25, 0.3) is 0 Å². The van der Waals surface area contributed by atoms with Crippen molar-refractivity contribution in [2.45, 2.75) is 13.0 Å². The smallest absolute Gasteiger partial charge is 0.253 e. The van der Waals surface area contributed by atoms with Crippen LogP contribution in [0.3, 0.4) is 0 Å². The fraction of sp³-hybridized carbons (Fsp3) is 0.350. The van der Waals surface area contributed by atoms with Crippen LogP contribution in [-0.4, -0.2) is 36.1 Å². The molecule has 4 nitrogen and oxygen atoms in total. The molecule has 132 valence electrons. The zero-order chi connectivity index (χ0) is 18.0. The van der Waals surface area contributed by atoms with Gasteiger partial charge in [-0.15, -0.1) is 0 Å². The molecule has 0 radical (unpaired) electrons. The van der Waals surface area contributed by atoms with Crippen LogP contribution in [0.5, 0.6) is 5.75 Å². The van der Waals surface area contributed by atoms with Crippen LogP contribution < -0.4 is 4.74 Å². The Balaban J connectivity index is 1.71. The highest BCUT2D eigenvalue weighted by Gasteiger charge is 2.37. The van der Waals surface area contributed by atoms with Crippen molar-refractivity contribution in [3.63, 3.8) is 0 Å². The number of amides is 1. The van der Waals surface area contributed by atoms with Gasteiger partial charge in [0.05, 0.1) is 13.2 Å². The monoisotopic (exact) mass is 343 g/mol. The number of halogens is 1. The standard InChI is InChI=1S/C20H22FNO3/c1-13-11-22(20(24)15-3-7-16(21)8-4-15)12-18(13)19(23)14-5-9-17(25-2)10-6-14/h3-10,13,18-19,23H,11-12H2,1-2H3/t13-,18-,19?/m1/s1. The summed E-state index contributed by atoms with van der Waals surface area (Å²) >= 11 is 0. The van der Waals surface area contributed by atoms with Gasteiger partial charge >= 0.3 is 0 Å². The van der Waals surface area contributed by atoms with E-state index in [0.29, 0.717) is 18.7 Å². The summed E-state index contributed by atoms with van der Waals surface area (Å²) in [5.74, 6) is 0.373. The van der Waals surface area contributed by atoms with Crippen molar-refractivity contribution in [1.82, 2.24) is 4.90 Å². The predicted octanol–water partition coefficient (Wildman–Crippen LogP) is 3.28. The topological polar surface area (TPSA) is 49.8 Å². The minimum Gasteiger partial charge on any atom is -0.497 e. The highest BCUT2D eigenvalue weighted by atomic mass is 19.1. The normalized spacial score (nSPS) is 21.2. The fourth-order valence-electron chi connectivity index (χ4n) is 3.39. The molecule has 0 bridgehead atoms. The van der Waals surface area contributed by atoms with E-state index < -0.39 is 6.10 Å². The Morgan fingerprint density at radius 2 is 1.80 bits per heavy atom. The molecule has 1 saturated heterocycles. The molecule has 2 aromatic rings. The number of ether oxygens (including phenoxy) is 1. The summed E-state index contributed by atoms with van der Waals surface area (Å²) in [5, 5.41) is 10.7. The molecule has 3 atom stereocenters. The summed E-state index contributed by atoms with van der Waals surface area (Å²) in [6, 6.07) is 12.9. The summed E-state index contributed by atoms with van der Waals surface area (Å²) < 4.78 is 18.2. The molecule has 1 unspecified atom stereocenters. The number of likely N-dealkylation sites (tertiary alicyclic amines) is 1. The van der Waals surface area contributed by atoms with Gasteiger partial charge in [0, 0.05) is 24.6 Å². The molecule has 0 saturated carbocycles. The number of aliphatic hydroxyl groups is 1. The second-order valence-electron chi connectivity index (χ2n) is 6.58. The largest absolute Gasteiger partial charge is 0.497 e. The van der Waals surface area contributed by atoms with Crippen LogP contribution in [-0.2, 0) is 0 Å². The lowest BCUT2D eigenvalue weighted by Crippen LogP contribution is -2.29. The van der Waals surface area contributed by atoms with E-state index in [4.69, 9.17) is 4.74 Å². The quantitative estimate of drug-likeness (QED) is 0.927. The van der Waals surface area contributed by atoms with Gasteiger partial charge < -0.3 is 14.7 Å². The highest BCUT2D eigenvalue weighted by molar-refractivity contribution is 5.94. The van der Waals surface area contributed by atoms with Crippen molar-refractivity contribution in [2.24, 2.45) is 11.8 Å². The molecule has 1 aliphatic heterocycles. The van der Waals surface area contributed by atoms with Gasteiger partial charge in [-0.3, -0.25) is 4.79 Å². The summed E-state index contributed by atoms with van der Waals surface area (Å²) in [4.78, 5) is 14.3. The van der Waals surface area contributed by atoms with Gasteiger partial charge in [0.1, 0.15) is 11.6 Å². The van der Waals surface area contributed by atoms with Crippen molar-refractivity contribution >= 4 is 5.91 Å². The number of hydrogen-bond donors (Lipinski definition) is 1. The third-order valence-corrected chi connectivity index (χ3v) is 4.91. The number of methoxy groups -OCH3 is 1. The third-order valence-electron chi connectivity index (χ3n) is 4.91. The molecular formula is C20H22FNO3. The van der Waals surface area contributed by atoms with Gasteiger partial charge in [-0.25, -0.2) is 4.39 Å². The first-order valence-corrected chi connectivity index (χ1v) is 8.36. The first-order chi connectivity index (χ1) is 12.0. The number of carbonyl (C=O) groups is 1. The Bertz CT molecular complexity index is 730. The van der Waals surface area contributed by atoms with Crippen LogP contribution in [0.1, 0.15) is 28.9 Å². The Labute approximate surface area is 146 Å². The van der Waals surface area contributed by atoms with Gasteiger partial charge in [-0.1, -0.05) is 19.1 Å². The first-order valence-electron chi connectivity index (χ1n) is 8.36. The van der Waals surface area contributed by atoms with E-state index in [2.05, 4.69) is 0 Å². The molecule has 1 heterocycles. The van der Waals surface area contributed by atoms with Crippen molar-refractivity contribution < 1.29 is 19.0 Å². The van der Waals surface area contributed by atoms with E-state index in [0.717, 1.165) is 11.3 Å². The summed E-state index contributed by atoms with van der Waals surface area (Å²) in [5.41, 5.74) is 1.28. The maximum Gasteiger partial charge on any atom is 0.253 e. The van der Waals surface area contributed by atoms with Gasteiger partial charge in [0.2, 0.25) is 0 Å². The Hall–Kier alpha value is -2.40. The molecule has 2 aromatic carbocycles. The number of aliphatic hydroxyl groups excluding tert-OH is 1. The van der Waals surface area contributed by atoms with Crippen LogP contribution >= 0.6 is 0 Å². The van der Waals surface area contributed by atoms with Crippen molar-refractivity contribution in [2.75, 3.05) is 20.2 Å². The second-order valence-corrected chi connectivity index (χ2v) is 6.58. The molecule has 25 heavy (non-hydrogen) atoms. The maximum absolute atomic E-state index is 13.0.